The first-order chi connectivity index (χ1) is 9.99. The van der Waals surface area contributed by atoms with Crippen LogP contribution in [0.2, 0.25) is 0 Å². The summed E-state index contributed by atoms with van der Waals surface area (Å²) in [6, 6.07) is 3.93. The molecule has 0 aliphatic carbocycles. The minimum Gasteiger partial charge on any atom is -0.478 e. The smallest absolute Gasteiger partial charge is 0.346 e. The summed E-state index contributed by atoms with van der Waals surface area (Å²) in [6.07, 6.45) is -0.646. The summed E-state index contributed by atoms with van der Waals surface area (Å²) < 4.78 is 16.4. The molecule has 1 unspecified atom stereocenters. The van der Waals surface area contributed by atoms with E-state index in [0.29, 0.717) is 18.9 Å². The third-order valence-corrected chi connectivity index (χ3v) is 3.40. The average Bonchev–Trinajstić information content (AvgIpc) is 2.45. The van der Waals surface area contributed by atoms with E-state index >= 15 is 0 Å². The lowest BCUT2D eigenvalue weighted by atomic mass is 10.1. The second kappa shape index (κ2) is 9.02. The van der Waals surface area contributed by atoms with Gasteiger partial charge in [-0.2, -0.15) is 0 Å². The van der Waals surface area contributed by atoms with E-state index in [-0.39, 0.29) is 0 Å². The van der Waals surface area contributed by atoms with Gasteiger partial charge in [-0.3, -0.25) is 0 Å². The number of hydrogen-bond donors (Lipinski definition) is 1. The van der Waals surface area contributed by atoms with E-state index < -0.39 is 12.1 Å². The van der Waals surface area contributed by atoms with Crippen LogP contribution < -0.4 is 10.1 Å². The van der Waals surface area contributed by atoms with Gasteiger partial charge in [-0.1, -0.05) is 15.9 Å². The second-order valence-corrected chi connectivity index (χ2v) is 5.58. The lowest BCUT2D eigenvalue weighted by Gasteiger charge is -2.18. The summed E-state index contributed by atoms with van der Waals surface area (Å²) in [7, 11) is 3.02. The van der Waals surface area contributed by atoms with Gasteiger partial charge in [-0.25, -0.2) is 4.79 Å². The molecule has 0 saturated heterocycles. The van der Waals surface area contributed by atoms with Crippen molar-refractivity contribution in [2.24, 2.45) is 0 Å². The molecule has 1 aromatic rings. The fourth-order valence-corrected chi connectivity index (χ4v) is 2.51. The molecule has 1 N–H and O–H groups in total. The van der Waals surface area contributed by atoms with Crippen LogP contribution in [0.4, 0.5) is 0 Å². The number of rotatable bonds is 8. The van der Waals surface area contributed by atoms with Gasteiger partial charge in [0.15, 0.2) is 6.10 Å². The Morgan fingerprint density at radius 3 is 2.71 bits per heavy atom. The van der Waals surface area contributed by atoms with Crippen molar-refractivity contribution in [2.45, 2.75) is 26.5 Å². The fourth-order valence-electron chi connectivity index (χ4n) is 1.89. The zero-order chi connectivity index (χ0) is 15.8. The Hall–Kier alpha value is -1.11. The molecule has 0 aliphatic rings. The van der Waals surface area contributed by atoms with E-state index in [1.165, 1.54) is 7.11 Å². The third kappa shape index (κ3) is 5.65. The van der Waals surface area contributed by atoms with Gasteiger partial charge in [0, 0.05) is 30.2 Å². The Labute approximate surface area is 134 Å². The van der Waals surface area contributed by atoms with Crippen LogP contribution in [0, 0.1) is 6.92 Å². The van der Waals surface area contributed by atoms with Gasteiger partial charge in [0.1, 0.15) is 5.75 Å². The maximum atomic E-state index is 11.5. The molecule has 0 spiro atoms. The molecule has 0 saturated carbocycles. The Bertz CT molecular complexity index is 479. The highest BCUT2D eigenvalue weighted by Crippen LogP contribution is 2.29. The number of methoxy groups -OCH3 is 2. The number of benzene rings is 1. The highest BCUT2D eigenvalue weighted by Gasteiger charge is 2.18. The molecule has 0 fully saturated rings. The second-order valence-electron chi connectivity index (χ2n) is 4.66. The summed E-state index contributed by atoms with van der Waals surface area (Å²) in [6.45, 7) is 5.64. The Balaban J connectivity index is 2.87. The van der Waals surface area contributed by atoms with Crippen LogP contribution >= 0.6 is 15.9 Å². The number of carbonyl (C=O) groups excluding carboxylic acids is 1. The van der Waals surface area contributed by atoms with Gasteiger partial charge < -0.3 is 19.5 Å². The van der Waals surface area contributed by atoms with Crippen molar-refractivity contribution in [3.63, 3.8) is 0 Å². The predicted molar refractivity (Wildman–Crippen MR) is 84.6 cm³/mol. The number of halogens is 1. The van der Waals surface area contributed by atoms with Crippen molar-refractivity contribution in [2.75, 3.05) is 27.4 Å². The number of nitrogens with one attached hydrogen (secondary N) is 1. The first-order valence-corrected chi connectivity index (χ1v) is 7.52. The summed E-state index contributed by atoms with van der Waals surface area (Å²) in [4.78, 5) is 11.5. The molecule has 118 valence electrons. The molecule has 0 bridgehead atoms. The van der Waals surface area contributed by atoms with Crippen molar-refractivity contribution in [3.8, 4) is 5.75 Å². The van der Waals surface area contributed by atoms with E-state index in [2.05, 4.69) is 21.2 Å². The van der Waals surface area contributed by atoms with Gasteiger partial charge >= 0.3 is 5.97 Å². The maximum absolute atomic E-state index is 11.5. The van der Waals surface area contributed by atoms with Gasteiger partial charge in [0.05, 0.1) is 13.7 Å². The van der Waals surface area contributed by atoms with Crippen molar-refractivity contribution in [1.29, 1.82) is 0 Å². The van der Waals surface area contributed by atoms with E-state index in [1.54, 1.807) is 14.0 Å². The molecule has 0 aliphatic heterocycles. The van der Waals surface area contributed by atoms with Gasteiger partial charge in [0.2, 0.25) is 0 Å². The number of aryl methyl sites for hydroxylation is 1. The highest BCUT2D eigenvalue weighted by molar-refractivity contribution is 9.10. The van der Waals surface area contributed by atoms with Crippen molar-refractivity contribution in [1.82, 2.24) is 5.32 Å². The van der Waals surface area contributed by atoms with Crippen molar-refractivity contribution < 1.29 is 19.0 Å². The average molecular weight is 360 g/mol. The normalized spacial score (nSPS) is 12.0. The zero-order valence-electron chi connectivity index (χ0n) is 12.9. The lowest BCUT2D eigenvalue weighted by Crippen LogP contribution is -2.26. The Morgan fingerprint density at radius 2 is 2.10 bits per heavy atom. The summed E-state index contributed by atoms with van der Waals surface area (Å²) in [5.74, 6) is 0.316. The SMILES string of the molecule is COCCNCc1cc(Br)cc(C)c1OC(C)C(=O)OC. The monoisotopic (exact) mass is 359 g/mol. The lowest BCUT2D eigenvalue weighted by molar-refractivity contribution is -0.147. The number of ether oxygens (including phenoxy) is 3. The zero-order valence-corrected chi connectivity index (χ0v) is 14.5. The molecule has 0 amide bonds. The summed E-state index contributed by atoms with van der Waals surface area (Å²) in [5.41, 5.74) is 1.94. The molecule has 6 heteroatoms. The largest absolute Gasteiger partial charge is 0.478 e. The molecule has 21 heavy (non-hydrogen) atoms. The fraction of sp³-hybridized carbons (Fsp3) is 0.533. The van der Waals surface area contributed by atoms with Crippen LogP contribution in [-0.2, 0) is 20.8 Å². The third-order valence-electron chi connectivity index (χ3n) is 2.94. The highest BCUT2D eigenvalue weighted by atomic mass is 79.9. The van der Waals surface area contributed by atoms with Crippen LogP contribution in [0.3, 0.4) is 0 Å². The summed E-state index contributed by atoms with van der Waals surface area (Å²) >= 11 is 3.48. The number of esters is 1. The number of hydrogen-bond acceptors (Lipinski definition) is 5. The summed E-state index contributed by atoms with van der Waals surface area (Å²) in [5, 5.41) is 3.27. The molecule has 0 radical (unpaired) electrons. The van der Waals surface area contributed by atoms with E-state index in [4.69, 9.17) is 14.2 Å². The van der Waals surface area contributed by atoms with Gasteiger partial charge in [0.25, 0.3) is 0 Å². The molecular formula is C15H22BrNO4. The quantitative estimate of drug-likeness (QED) is 0.570. The Morgan fingerprint density at radius 1 is 1.38 bits per heavy atom. The molecule has 1 aromatic carbocycles. The van der Waals surface area contributed by atoms with Crippen LogP contribution in [0.1, 0.15) is 18.1 Å². The van der Waals surface area contributed by atoms with E-state index in [1.807, 2.05) is 19.1 Å². The van der Waals surface area contributed by atoms with Crippen LogP contribution in [-0.4, -0.2) is 39.4 Å². The van der Waals surface area contributed by atoms with Crippen LogP contribution in [0.5, 0.6) is 5.75 Å². The topological polar surface area (TPSA) is 56.8 Å². The van der Waals surface area contributed by atoms with Crippen LogP contribution in [0.25, 0.3) is 0 Å². The molecular weight excluding hydrogens is 338 g/mol. The number of carbonyl (C=O) groups is 1. The molecule has 0 heterocycles. The molecule has 0 aromatic heterocycles. The van der Waals surface area contributed by atoms with Crippen molar-refractivity contribution in [3.05, 3.63) is 27.7 Å². The standard InChI is InChI=1S/C15H22BrNO4/c1-10-7-13(16)8-12(9-17-5-6-19-3)14(10)21-11(2)15(18)20-4/h7-8,11,17H,5-6,9H2,1-4H3. The Kier molecular flexibility index (Phi) is 7.71. The minimum atomic E-state index is -0.646. The van der Waals surface area contributed by atoms with Crippen LogP contribution in [0.15, 0.2) is 16.6 Å². The maximum Gasteiger partial charge on any atom is 0.346 e. The van der Waals surface area contributed by atoms with E-state index in [0.717, 1.165) is 22.1 Å². The first-order valence-electron chi connectivity index (χ1n) is 6.72. The van der Waals surface area contributed by atoms with Gasteiger partial charge in [-0.15, -0.1) is 0 Å². The molecule has 5 nitrogen and oxygen atoms in total. The molecule has 1 atom stereocenters. The van der Waals surface area contributed by atoms with Gasteiger partial charge in [-0.05, 0) is 31.5 Å². The first kappa shape index (κ1) is 17.9. The van der Waals surface area contributed by atoms with E-state index in [9.17, 15) is 4.79 Å². The van der Waals surface area contributed by atoms with Crippen molar-refractivity contribution >= 4 is 21.9 Å². The predicted octanol–water partition coefficient (Wildman–Crippen LogP) is 2.43. The minimum absolute atomic E-state index is 0.393. The molecule has 1 rings (SSSR count).